The molecule has 0 saturated carbocycles. The largest absolute Gasteiger partial charge is 0.493 e. The topological polar surface area (TPSA) is 59.9 Å². The van der Waals surface area contributed by atoms with Crippen LogP contribution in [0.25, 0.3) is 0 Å². The molecule has 1 N–H and O–H groups in total. The number of carbonyl (C=O) groups is 1. The van der Waals surface area contributed by atoms with E-state index in [9.17, 15) is 4.79 Å². The lowest BCUT2D eigenvalue weighted by Crippen LogP contribution is -2.27. The number of anilines is 1. The highest BCUT2D eigenvalue weighted by atomic mass is 127. The van der Waals surface area contributed by atoms with Gasteiger partial charge < -0.3 is 14.8 Å². The Bertz CT molecular complexity index is 1710. The summed E-state index contributed by atoms with van der Waals surface area (Å²) in [6.07, 6.45) is 4.61. The maximum atomic E-state index is 13.7. The van der Waals surface area contributed by atoms with Gasteiger partial charge in [-0.1, -0.05) is 61.6 Å². The summed E-state index contributed by atoms with van der Waals surface area (Å²) in [5.41, 5.74) is 4.26. The van der Waals surface area contributed by atoms with Crippen LogP contribution >= 0.6 is 68.7 Å². The molecule has 5 rings (SSSR count). The Morgan fingerprint density at radius 2 is 1.82 bits per heavy atom. The van der Waals surface area contributed by atoms with Crippen LogP contribution < -0.4 is 14.8 Å². The van der Waals surface area contributed by atoms with Crippen molar-refractivity contribution in [2.75, 3.05) is 12.4 Å². The first-order valence-corrected chi connectivity index (χ1v) is 17.2. The predicted octanol–water partition coefficient (Wildman–Crippen LogP) is 11.1. The Morgan fingerprint density at radius 3 is 2.50 bits per heavy atom. The van der Waals surface area contributed by atoms with Gasteiger partial charge in [0.15, 0.2) is 11.5 Å². The number of amides is 1. The molecule has 10 heteroatoms. The Hall–Kier alpha value is -2.30. The third-order valence-corrected chi connectivity index (χ3v) is 10.6. The zero-order valence-corrected chi connectivity index (χ0v) is 30.0. The van der Waals surface area contributed by atoms with Gasteiger partial charge in [-0.25, -0.2) is 4.99 Å². The number of thiophene rings is 1. The second-order valence-corrected chi connectivity index (χ2v) is 15.3. The van der Waals surface area contributed by atoms with Gasteiger partial charge in [0.05, 0.1) is 16.2 Å². The number of nitrogens with one attached hydrogen (secondary N) is 1. The number of hydrogen-bond acceptors (Lipinski definition) is 5. The van der Waals surface area contributed by atoms with Gasteiger partial charge in [-0.2, -0.15) is 0 Å². The quantitative estimate of drug-likeness (QED) is 0.143. The van der Waals surface area contributed by atoms with Crippen LogP contribution in [0.3, 0.4) is 0 Å². The van der Waals surface area contributed by atoms with Crippen molar-refractivity contribution in [3.8, 4) is 11.5 Å². The Balaban J connectivity index is 1.44. The van der Waals surface area contributed by atoms with Gasteiger partial charge in [0.25, 0.3) is 5.91 Å². The number of methoxy groups -OCH3 is 1. The summed E-state index contributed by atoms with van der Waals surface area (Å²) in [5, 5.41) is 5.47. The number of carbonyl (C=O) groups excluding carboxylic acids is 1. The lowest BCUT2D eigenvalue weighted by atomic mass is 9.72. The molecule has 3 aromatic carbocycles. The van der Waals surface area contributed by atoms with Crippen LogP contribution in [-0.2, 0) is 19.4 Å². The molecule has 1 amide bonds. The highest BCUT2D eigenvalue weighted by Gasteiger charge is 2.33. The monoisotopic (exact) mass is 780 g/mol. The van der Waals surface area contributed by atoms with E-state index in [1.165, 1.54) is 4.88 Å². The van der Waals surface area contributed by atoms with Crippen LogP contribution in [-0.4, -0.2) is 19.2 Å². The van der Waals surface area contributed by atoms with Crippen molar-refractivity contribution in [3.05, 3.63) is 100 Å². The average Bonchev–Trinajstić information content (AvgIpc) is 3.34. The first-order chi connectivity index (χ1) is 20.9. The number of hydrogen-bond donors (Lipinski definition) is 1. The van der Waals surface area contributed by atoms with E-state index < -0.39 is 0 Å². The smallest absolute Gasteiger partial charge is 0.259 e. The minimum absolute atomic E-state index is 0.164. The Morgan fingerprint density at radius 1 is 1.09 bits per heavy atom. The minimum Gasteiger partial charge on any atom is -0.493 e. The van der Waals surface area contributed by atoms with Crippen LogP contribution in [0.5, 0.6) is 11.5 Å². The maximum absolute atomic E-state index is 13.7. The Labute approximate surface area is 291 Å². The van der Waals surface area contributed by atoms with Crippen molar-refractivity contribution in [2.24, 2.45) is 16.3 Å². The van der Waals surface area contributed by atoms with Crippen molar-refractivity contribution in [3.63, 3.8) is 0 Å². The standard InChI is InChI=1S/C34H32Cl3IN2O3S/c1-34(2,3)21-6-12-25-29(15-21)44-33(30(25)32(41)40-24-10-8-22(35)9-11-24)39-17-19-13-27(38)31(28(14-19)42-4)43-18-20-5-7-23(36)16-26(20)37/h5,7-11,13-14,16-17,21H,6,12,15,18H2,1-4H3,(H,40,41)/t21-/m1/s1. The third-order valence-electron chi connectivity index (χ3n) is 7.77. The number of halogens is 4. The number of fused-ring (bicyclic) bond motifs is 1. The van der Waals surface area contributed by atoms with E-state index in [-0.39, 0.29) is 17.9 Å². The first-order valence-electron chi connectivity index (χ1n) is 14.1. The van der Waals surface area contributed by atoms with Crippen molar-refractivity contribution in [1.82, 2.24) is 0 Å². The number of aliphatic imine (C=N–C) groups is 1. The van der Waals surface area contributed by atoms with Crippen molar-refractivity contribution >= 4 is 91.5 Å². The molecule has 1 aliphatic carbocycles. The molecular weight excluding hydrogens is 750 g/mol. The van der Waals surface area contributed by atoms with E-state index in [1.54, 1.807) is 61.1 Å². The summed E-state index contributed by atoms with van der Waals surface area (Å²) < 4.78 is 12.7. The third kappa shape index (κ3) is 7.73. The van der Waals surface area contributed by atoms with Gasteiger partial charge in [-0.05, 0) is 113 Å². The fourth-order valence-corrected chi connectivity index (χ4v) is 7.88. The van der Waals surface area contributed by atoms with Crippen molar-refractivity contribution < 1.29 is 14.3 Å². The molecule has 1 aromatic heterocycles. The summed E-state index contributed by atoms with van der Waals surface area (Å²) >= 11 is 22.3. The average molecular weight is 782 g/mol. The molecule has 44 heavy (non-hydrogen) atoms. The number of rotatable bonds is 8. The SMILES string of the molecule is COc1cc(C=Nc2sc3c(c2C(=O)Nc2ccc(Cl)cc2)CC[C@@H](C(C)(C)C)C3)cc(I)c1OCc1ccc(Cl)cc1Cl. The molecule has 1 atom stereocenters. The zero-order valence-electron chi connectivity index (χ0n) is 24.8. The summed E-state index contributed by atoms with van der Waals surface area (Å²) in [5.74, 6) is 1.56. The summed E-state index contributed by atoms with van der Waals surface area (Å²) in [6.45, 7) is 7.12. The van der Waals surface area contributed by atoms with Crippen LogP contribution in [0.1, 0.15) is 59.1 Å². The molecule has 230 valence electrons. The van der Waals surface area contributed by atoms with Crippen LogP contribution in [0.15, 0.2) is 59.6 Å². The van der Waals surface area contributed by atoms with Crippen molar-refractivity contribution in [1.29, 1.82) is 0 Å². The van der Waals surface area contributed by atoms with Gasteiger partial charge >= 0.3 is 0 Å². The first kappa shape index (κ1) is 33.1. The number of ether oxygens (including phenoxy) is 2. The normalized spacial score (nSPS) is 14.9. The molecule has 0 unspecified atom stereocenters. The van der Waals surface area contributed by atoms with E-state index in [0.29, 0.717) is 48.7 Å². The summed E-state index contributed by atoms with van der Waals surface area (Å²) in [4.78, 5) is 19.8. The molecular formula is C34H32Cl3IN2O3S. The second-order valence-electron chi connectivity index (χ2n) is 11.8. The van der Waals surface area contributed by atoms with Gasteiger partial charge in [-0.3, -0.25) is 4.79 Å². The minimum atomic E-state index is -0.164. The van der Waals surface area contributed by atoms with Crippen molar-refractivity contribution in [2.45, 2.75) is 46.6 Å². The van der Waals surface area contributed by atoms with Gasteiger partial charge in [0.1, 0.15) is 11.6 Å². The molecule has 4 aromatic rings. The molecule has 0 spiro atoms. The van der Waals surface area contributed by atoms with Gasteiger partial charge in [0.2, 0.25) is 0 Å². The fourth-order valence-electron chi connectivity index (χ4n) is 5.24. The highest BCUT2D eigenvalue weighted by molar-refractivity contribution is 14.1. The molecule has 1 aliphatic rings. The van der Waals surface area contributed by atoms with Crippen LogP contribution in [0, 0.1) is 14.9 Å². The lowest BCUT2D eigenvalue weighted by molar-refractivity contribution is 0.102. The molecule has 1 heterocycles. The predicted molar refractivity (Wildman–Crippen MR) is 192 cm³/mol. The molecule has 0 bridgehead atoms. The van der Waals surface area contributed by atoms with E-state index in [0.717, 1.165) is 39.5 Å². The van der Waals surface area contributed by atoms with Gasteiger partial charge in [0, 0.05) is 37.4 Å². The number of nitrogens with zero attached hydrogens (tertiary/aromatic N) is 1. The molecule has 0 fully saturated rings. The van der Waals surface area contributed by atoms with Crippen LogP contribution in [0.2, 0.25) is 15.1 Å². The van der Waals surface area contributed by atoms with E-state index in [4.69, 9.17) is 49.3 Å². The second kappa shape index (κ2) is 14.0. The van der Waals surface area contributed by atoms with Gasteiger partial charge in [-0.15, -0.1) is 11.3 Å². The van der Waals surface area contributed by atoms with E-state index >= 15 is 0 Å². The lowest BCUT2D eigenvalue weighted by Gasteiger charge is -2.33. The molecule has 5 nitrogen and oxygen atoms in total. The van der Waals surface area contributed by atoms with Crippen LogP contribution in [0.4, 0.5) is 10.7 Å². The Kier molecular flexibility index (Phi) is 10.5. The highest BCUT2D eigenvalue weighted by Crippen LogP contribution is 2.45. The number of benzene rings is 3. The molecule has 0 saturated heterocycles. The zero-order chi connectivity index (χ0) is 31.6. The van der Waals surface area contributed by atoms with E-state index in [2.05, 4.69) is 48.7 Å². The molecule has 0 radical (unpaired) electrons. The maximum Gasteiger partial charge on any atom is 0.259 e. The fraction of sp³-hybridized carbons (Fsp3) is 0.294. The summed E-state index contributed by atoms with van der Waals surface area (Å²) in [7, 11) is 1.60. The molecule has 0 aliphatic heterocycles. The summed E-state index contributed by atoms with van der Waals surface area (Å²) in [6, 6.07) is 16.3. The van der Waals surface area contributed by atoms with E-state index in [1.807, 2.05) is 18.2 Å².